The van der Waals surface area contributed by atoms with Gasteiger partial charge in [0.1, 0.15) is 5.75 Å². The Kier molecular flexibility index (Phi) is 4.26. The van der Waals surface area contributed by atoms with Gasteiger partial charge in [-0.25, -0.2) is 0 Å². The Hall–Kier alpha value is -1.24. The fourth-order valence-electron chi connectivity index (χ4n) is 1.02. The van der Waals surface area contributed by atoms with Crippen molar-refractivity contribution in [3.63, 3.8) is 0 Å². The van der Waals surface area contributed by atoms with Crippen LogP contribution in [-0.2, 0) is 0 Å². The van der Waals surface area contributed by atoms with E-state index in [1.165, 1.54) is 18.2 Å². The predicted molar refractivity (Wildman–Crippen MR) is 57.5 cm³/mol. The zero-order chi connectivity index (χ0) is 14.0. The first-order valence-electron chi connectivity index (χ1n) is 4.72. The summed E-state index contributed by atoms with van der Waals surface area (Å²) in [6, 6.07) is 4.08. The molecule has 0 aliphatic rings. The smallest absolute Gasteiger partial charge is 0.456 e. The number of rotatable bonds is 4. The van der Waals surface area contributed by atoms with Crippen molar-refractivity contribution in [2.24, 2.45) is 0 Å². The molecule has 1 aromatic rings. The van der Waals surface area contributed by atoms with Gasteiger partial charge >= 0.3 is 12.1 Å². The Labute approximate surface area is 105 Å². The molecule has 0 aliphatic carbocycles. The van der Waals surface area contributed by atoms with Crippen molar-refractivity contribution >= 4 is 17.3 Å². The van der Waals surface area contributed by atoms with Crippen molar-refractivity contribution in [3.05, 3.63) is 23.2 Å². The third-order valence-corrected chi connectivity index (χ3v) is 2.36. The third-order valence-electron chi connectivity index (χ3n) is 2.04. The fourth-order valence-corrected chi connectivity index (χ4v) is 1.19. The lowest BCUT2D eigenvalue weighted by Crippen LogP contribution is -2.41. The summed E-state index contributed by atoms with van der Waals surface area (Å²) in [6.45, 7) is -1.82. The van der Waals surface area contributed by atoms with Crippen LogP contribution in [0.3, 0.4) is 0 Å². The summed E-state index contributed by atoms with van der Waals surface area (Å²) in [5.41, 5.74) is 0.477. The van der Waals surface area contributed by atoms with Gasteiger partial charge in [-0.2, -0.15) is 22.0 Å². The number of halogens is 6. The summed E-state index contributed by atoms with van der Waals surface area (Å²) >= 11 is 5.62. The lowest BCUT2D eigenvalue weighted by Gasteiger charge is -2.20. The largest absolute Gasteiger partial charge is 0.485 e. The molecular weight excluding hydrogens is 281 g/mol. The van der Waals surface area contributed by atoms with Crippen molar-refractivity contribution in [3.8, 4) is 5.75 Å². The topological polar surface area (TPSA) is 21.3 Å². The molecule has 0 fully saturated rings. The molecule has 0 heterocycles. The van der Waals surface area contributed by atoms with Gasteiger partial charge in [0.2, 0.25) is 0 Å². The van der Waals surface area contributed by atoms with E-state index in [2.05, 4.69) is 10.1 Å². The van der Waals surface area contributed by atoms with Crippen molar-refractivity contribution in [1.29, 1.82) is 0 Å². The maximum atomic E-state index is 12.6. The van der Waals surface area contributed by atoms with Gasteiger partial charge < -0.3 is 10.1 Å². The van der Waals surface area contributed by atoms with Gasteiger partial charge in [0.25, 0.3) is 0 Å². The SMILES string of the molecule is CNc1ccc(Cl)c(OCC(F)(F)C(F)(F)F)c1. The second-order valence-corrected chi connectivity index (χ2v) is 3.79. The summed E-state index contributed by atoms with van der Waals surface area (Å²) in [6.07, 6.45) is -5.65. The quantitative estimate of drug-likeness (QED) is 0.847. The minimum Gasteiger partial charge on any atom is -0.485 e. The minimum atomic E-state index is -5.65. The number of hydrogen-bond donors (Lipinski definition) is 1. The van der Waals surface area contributed by atoms with E-state index in [4.69, 9.17) is 11.6 Å². The molecule has 0 unspecified atom stereocenters. The van der Waals surface area contributed by atoms with E-state index in [0.717, 1.165) is 0 Å². The lowest BCUT2D eigenvalue weighted by molar-refractivity contribution is -0.290. The van der Waals surface area contributed by atoms with E-state index >= 15 is 0 Å². The molecule has 0 saturated carbocycles. The predicted octanol–water partition coefficient (Wildman–Crippen LogP) is 3.96. The highest BCUT2D eigenvalue weighted by Crippen LogP contribution is 2.37. The molecule has 18 heavy (non-hydrogen) atoms. The van der Waals surface area contributed by atoms with Crippen molar-refractivity contribution in [1.82, 2.24) is 0 Å². The summed E-state index contributed by atoms with van der Waals surface area (Å²) in [5, 5.41) is 2.62. The zero-order valence-corrected chi connectivity index (χ0v) is 9.87. The molecule has 2 nitrogen and oxygen atoms in total. The van der Waals surface area contributed by atoms with Crippen LogP contribution in [0, 0.1) is 0 Å². The average Bonchev–Trinajstić information content (AvgIpc) is 2.26. The number of alkyl halides is 5. The van der Waals surface area contributed by atoms with Gasteiger partial charge in [-0.15, -0.1) is 0 Å². The highest BCUT2D eigenvalue weighted by Gasteiger charge is 2.58. The molecule has 0 aromatic heterocycles. The normalized spacial score (nSPS) is 12.4. The van der Waals surface area contributed by atoms with Gasteiger partial charge in [0.05, 0.1) is 5.02 Å². The van der Waals surface area contributed by atoms with Gasteiger partial charge in [-0.05, 0) is 12.1 Å². The number of benzene rings is 1. The Morgan fingerprint density at radius 1 is 1.22 bits per heavy atom. The molecule has 0 bridgehead atoms. The fraction of sp³-hybridized carbons (Fsp3) is 0.400. The van der Waals surface area contributed by atoms with E-state index in [1.807, 2.05) is 0 Å². The molecule has 0 spiro atoms. The molecule has 0 aliphatic heterocycles. The number of nitrogens with one attached hydrogen (secondary N) is 1. The molecule has 1 N–H and O–H groups in total. The summed E-state index contributed by atoms with van der Waals surface area (Å²) in [5.74, 6) is -5.17. The van der Waals surface area contributed by atoms with Crippen LogP contribution in [0.2, 0.25) is 5.02 Å². The van der Waals surface area contributed by atoms with Crippen molar-refractivity contribution in [2.75, 3.05) is 19.0 Å². The number of hydrogen-bond acceptors (Lipinski definition) is 2. The van der Waals surface area contributed by atoms with E-state index in [1.54, 1.807) is 7.05 Å². The van der Waals surface area contributed by atoms with Crippen LogP contribution in [0.25, 0.3) is 0 Å². The summed E-state index contributed by atoms with van der Waals surface area (Å²) in [7, 11) is 1.55. The Morgan fingerprint density at radius 2 is 1.83 bits per heavy atom. The second kappa shape index (κ2) is 5.17. The number of ether oxygens (including phenoxy) is 1. The van der Waals surface area contributed by atoms with Crippen LogP contribution in [-0.4, -0.2) is 25.8 Å². The molecule has 8 heteroatoms. The Balaban J connectivity index is 2.80. The second-order valence-electron chi connectivity index (χ2n) is 3.39. The molecule has 0 saturated heterocycles. The van der Waals surface area contributed by atoms with E-state index in [0.29, 0.717) is 5.69 Å². The van der Waals surface area contributed by atoms with Crippen molar-refractivity contribution in [2.45, 2.75) is 12.1 Å². The highest BCUT2D eigenvalue weighted by atomic mass is 35.5. The van der Waals surface area contributed by atoms with Gasteiger partial charge in [-0.3, -0.25) is 0 Å². The van der Waals surface area contributed by atoms with E-state index in [-0.39, 0.29) is 10.8 Å². The standard InChI is InChI=1S/C10H9ClF5NO/c1-17-6-2-3-7(11)8(4-6)18-5-9(12,13)10(14,15)16/h2-4,17H,5H2,1H3. The third kappa shape index (κ3) is 3.38. The first kappa shape index (κ1) is 14.8. The summed E-state index contributed by atoms with van der Waals surface area (Å²) < 4.78 is 65.4. The highest BCUT2D eigenvalue weighted by molar-refractivity contribution is 6.32. The van der Waals surface area contributed by atoms with Crippen LogP contribution in [0.15, 0.2) is 18.2 Å². The lowest BCUT2D eigenvalue weighted by atomic mass is 10.3. The van der Waals surface area contributed by atoms with Crippen LogP contribution in [0.5, 0.6) is 5.75 Å². The minimum absolute atomic E-state index is 0.0491. The Bertz CT molecular complexity index is 421. The molecular formula is C10H9ClF5NO. The maximum absolute atomic E-state index is 12.6. The van der Waals surface area contributed by atoms with Crippen LogP contribution >= 0.6 is 11.6 Å². The molecule has 0 amide bonds. The Morgan fingerprint density at radius 3 is 2.33 bits per heavy atom. The van der Waals surface area contributed by atoms with Crippen LogP contribution in [0.1, 0.15) is 0 Å². The van der Waals surface area contributed by atoms with E-state index in [9.17, 15) is 22.0 Å². The van der Waals surface area contributed by atoms with Gasteiger partial charge in [0.15, 0.2) is 6.61 Å². The van der Waals surface area contributed by atoms with Crippen LogP contribution in [0.4, 0.5) is 27.6 Å². The van der Waals surface area contributed by atoms with E-state index < -0.39 is 18.7 Å². The molecule has 0 radical (unpaired) electrons. The average molecular weight is 290 g/mol. The monoisotopic (exact) mass is 289 g/mol. The number of anilines is 1. The van der Waals surface area contributed by atoms with Gasteiger partial charge in [-0.1, -0.05) is 11.6 Å². The first-order chi connectivity index (χ1) is 8.17. The van der Waals surface area contributed by atoms with Crippen molar-refractivity contribution < 1.29 is 26.7 Å². The van der Waals surface area contributed by atoms with Gasteiger partial charge in [0, 0.05) is 18.8 Å². The van der Waals surface area contributed by atoms with Crippen LogP contribution < -0.4 is 10.1 Å². The zero-order valence-electron chi connectivity index (χ0n) is 9.12. The molecule has 0 atom stereocenters. The maximum Gasteiger partial charge on any atom is 0.456 e. The molecule has 1 rings (SSSR count). The first-order valence-corrected chi connectivity index (χ1v) is 5.10. The summed E-state index contributed by atoms with van der Waals surface area (Å²) in [4.78, 5) is 0. The molecule has 102 valence electrons. The molecule has 1 aromatic carbocycles.